The standard InChI is InChI=1S/C16H27ClN2O2/c17-12-11-15(20)18-16(21)19(13-7-3-1-4-8-13)14-9-5-2-6-10-14/h13-14H,1-12H2,(H,18,20,21). The molecule has 0 unspecified atom stereocenters. The summed E-state index contributed by atoms with van der Waals surface area (Å²) in [7, 11) is 0. The average Bonchev–Trinajstić information content (AvgIpc) is 2.50. The Hall–Kier alpha value is -0.770. The molecule has 4 nitrogen and oxygen atoms in total. The topological polar surface area (TPSA) is 49.4 Å². The van der Waals surface area contributed by atoms with Crippen LogP contribution in [0.1, 0.15) is 70.6 Å². The van der Waals surface area contributed by atoms with Crippen molar-refractivity contribution in [1.82, 2.24) is 10.2 Å². The molecule has 5 heteroatoms. The molecule has 0 aliphatic heterocycles. The summed E-state index contributed by atoms with van der Waals surface area (Å²) in [6, 6.07) is 0.431. The summed E-state index contributed by atoms with van der Waals surface area (Å²) in [5, 5.41) is 2.54. The van der Waals surface area contributed by atoms with Gasteiger partial charge in [-0.25, -0.2) is 4.79 Å². The zero-order valence-electron chi connectivity index (χ0n) is 12.8. The van der Waals surface area contributed by atoms with Gasteiger partial charge in [0, 0.05) is 24.4 Å². The van der Waals surface area contributed by atoms with E-state index in [1.165, 1.54) is 38.5 Å². The molecule has 120 valence electrons. The fraction of sp³-hybridized carbons (Fsp3) is 0.875. The second kappa shape index (κ2) is 8.62. The molecule has 0 bridgehead atoms. The second-order valence-corrected chi connectivity index (χ2v) is 6.66. The number of carbonyl (C=O) groups excluding carboxylic acids is 2. The highest BCUT2D eigenvalue weighted by Crippen LogP contribution is 2.30. The lowest BCUT2D eigenvalue weighted by molar-refractivity contribution is -0.119. The van der Waals surface area contributed by atoms with E-state index in [1.54, 1.807) is 0 Å². The van der Waals surface area contributed by atoms with Crippen molar-refractivity contribution in [2.45, 2.75) is 82.7 Å². The minimum absolute atomic E-state index is 0.191. The average molecular weight is 315 g/mol. The molecule has 0 radical (unpaired) electrons. The van der Waals surface area contributed by atoms with Gasteiger partial charge < -0.3 is 4.90 Å². The molecule has 0 spiro atoms. The molecule has 0 aromatic carbocycles. The Labute approximate surface area is 132 Å². The molecule has 0 atom stereocenters. The first-order valence-corrected chi connectivity index (χ1v) is 8.94. The molecular formula is C16H27ClN2O2. The third kappa shape index (κ3) is 4.87. The Morgan fingerprint density at radius 3 is 1.81 bits per heavy atom. The molecule has 2 aliphatic rings. The summed E-state index contributed by atoms with van der Waals surface area (Å²) >= 11 is 5.57. The molecule has 2 rings (SSSR count). The maximum absolute atomic E-state index is 12.6. The van der Waals surface area contributed by atoms with E-state index in [-0.39, 0.29) is 24.2 Å². The van der Waals surface area contributed by atoms with Crippen molar-refractivity contribution in [2.75, 3.05) is 5.88 Å². The molecule has 2 aliphatic carbocycles. The van der Waals surface area contributed by atoms with Gasteiger partial charge in [-0.15, -0.1) is 11.6 Å². The number of hydrogen-bond acceptors (Lipinski definition) is 2. The van der Waals surface area contributed by atoms with Crippen LogP contribution in [0.4, 0.5) is 4.79 Å². The van der Waals surface area contributed by atoms with Gasteiger partial charge in [-0.2, -0.15) is 0 Å². The highest BCUT2D eigenvalue weighted by atomic mass is 35.5. The maximum atomic E-state index is 12.6. The predicted octanol–water partition coefficient (Wildman–Crippen LogP) is 3.82. The number of amides is 3. The van der Waals surface area contributed by atoms with E-state index in [0.717, 1.165) is 25.7 Å². The van der Waals surface area contributed by atoms with E-state index in [4.69, 9.17) is 11.6 Å². The van der Waals surface area contributed by atoms with Gasteiger partial charge in [0.1, 0.15) is 0 Å². The first-order chi connectivity index (χ1) is 10.2. The third-order valence-electron chi connectivity index (χ3n) is 4.74. The number of alkyl halides is 1. The molecule has 2 saturated carbocycles. The number of nitrogens with one attached hydrogen (secondary N) is 1. The van der Waals surface area contributed by atoms with Crippen LogP contribution < -0.4 is 5.32 Å². The predicted molar refractivity (Wildman–Crippen MR) is 84.5 cm³/mol. The van der Waals surface area contributed by atoms with Gasteiger partial charge in [-0.05, 0) is 25.7 Å². The number of carbonyl (C=O) groups is 2. The zero-order chi connectivity index (χ0) is 15.1. The van der Waals surface area contributed by atoms with Crippen LogP contribution in [0.15, 0.2) is 0 Å². The molecule has 0 heterocycles. The number of halogens is 1. The molecule has 0 saturated heterocycles. The summed E-state index contributed by atoms with van der Waals surface area (Å²) in [6.07, 6.45) is 11.8. The van der Waals surface area contributed by atoms with E-state index < -0.39 is 0 Å². The van der Waals surface area contributed by atoms with Gasteiger partial charge in [-0.3, -0.25) is 10.1 Å². The number of urea groups is 1. The lowest BCUT2D eigenvalue weighted by Crippen LogP contribution is -2.53. The molecule has 0 aromatic rings. The van der Waals surface area contributed by atoms with Crippen LogP contribution in [0.2, 0.25) is 0 Å². The first kappa shape index (κ1) is 16.6. The van der Waals surface area contributed by atoms with Crippen LogP contribution in [-0.4, -0.2) is 34.8 Å². The van der Waals surface area contributed by atoms with E-state index in [9.17, 15) is 9.59 Å². The number of rotatable bonds is 4. The maximum Gasteiger partial charge on any atom is 0.324 e. The van der Waals surface area contributed by atoms with Crippen molar-refractivity contribution in [3.05, 3.63) is 0 Å². The lowest BCUT2D eigenvalue weighted by atomic mass is 9.89. The van der Waals surface area contributed by atoms with E-state index >= 15 is 0 Å². The van der Waals surface area contributed by atoms with Crippen LogP contribution >= 0.6 is 11.6 Å². The fourth-order valence-electron chi connectivity index (χ4n) is 3.68. The van der Waals surface area contributed by atoms with Gasteiger partial charge in [0.15, 0.2) is 0 Å². The Bertz CT molecular complexity index is 332. The lowest BCUT2D eigenvalue weighted by Gasteiger charge is -2.41. The number of imide groups is 1. The molecule has 2 fully saturated rings. The van der Waals surface area contributed by atoms with Gasteiger partial charge >= 0.3 is 6.03 Å². The highest BCUT2D eigenvalue weighted by molar-refractivity contribution is 6.19. The smallest absolute Gasteiger partial charge is 0.319 e. The summed E-state index contributed by atoms with van der Waals surface area (Å²) in [6.45, 7) is 0. The monoisotopic (exact) mass is 314 g/mol. The van der Waals surface area contributed by atoms with Gasteiger partial charge in [0.2, 0.25) is 5.91 Å². The Kier molecular flexibility index (Phi) is 6.81. The summed E-state index contributed by atoms with van der Waals surface area (Å²) in [4.78, 5) is 26.3. The minimum Gasteiger partial charge on any atom is -0.319 e. The van der Waals surface area contributed by atoms with Crippen molar-refractivity contribution in [2.24, 2.45) is 0 Å². The second-order valence-electron chi connectivity index (χ2n) is 6.28. The van der Waals surface area contributed by atoms with E-state index in [1.807, 2.05) is 4.90 Å². The van der Waals surface area contributed by atoms with Crippen LogP contribution in [-0.2, 0) is 4.79 Å². The fourth-order valence-corrected chi connectivity index (χ4v) is 3.85. The van der Waals surface area contributed by atoms with Crippen LogP contribution in [0.3, 0.4) is 0 Å². The van der Waals surface area contributed by atoms with Crippen molar-refractivity contribution in [3.8, 4) is 0 Å². The minimum atomic E-state index is -0.258. The van der Waals surface area contributed by atoms with Crippen molar-refractivity contribution < 1.29 is 9.59 Å². The molecular weight excluding hydrogens is 288 g/mol. The normalized spacial score (nSPS) is 21.0. The molecule has 3 amide bonds. The summed E-state index contributed by atoms with van der Waals surface area (Å²) in [5.74, 6) is -0.00184. The van der Waals surface area contributed by atoms with Gasteiger partial charge in [-0.1, -0.05) is 38.5 Å². The first-order valence-electron chi connectivity index (χ1n) is 8.40. The molecule has 21 heavy (non-hydrogen) atoms. The zero-order valence-corrected chi connectivity index (χ0v) is 13.5. The molecule has 1 N–H and O–H groups in total. The van der Waals surface area contributed by atoms with Crippen LogP contribution in [0.25, 0.3) is 0 Å². The molecule has 0 aromatic heterocycles. The van der Waals surface area contributed by atoms with Crippen LogP contribution in [0.5, 0.6) is 0 Å². The van der Waals surface area contributed by atoms with Crippen molar-refractivity contribution >= 4 is 23.5 Å². The largest absolute Gasteiger partial charge is 0.324 e. The SMILES string of the molecule is O=C(CCCl)NC(=O)N(C1CCCCC1)C1CCCCC1. The summed E-state index contributed by atoms with van der Waals surface area (Å²) in [5.41, 5.74) is 0. The Morgan fingerprint density at radius 1 is 0.905 bits per heavy atom. The van der Waals surface area contributed by atoms with Crippen molar-refractivity contribution in [1.29, 1.82) is 0 Å². The van der Waals surface area contributed by atoms with Gasteiger partial charge in [0.25, 0.3) is 0 Å². The van der Waals surface area contributed by atoms with Crippen LogP contribution in [0, 0.1) is 0 Å². The third-order valence-corrected chi connectivity index (χ3v) is 4.93. The number of nitrogens with zero attached hydrogens (tertiary/aromatic N) is 1. The number of hydrogen-bond donors (Lipinski definition) is 1. The Morgan fingerprint density at radius 2 is 1.38 bits per heavy atom. The van der Waals surface area contributed by atoms with E-state index in [2.05, 4.69) is 5.32 Å². The highest BCUT2D eigenvalue weighted by Gasteiger charge is 2.32. The van der Waals surface area contributed by atoms with Gasteiger partial charge in [0.05, 0.1) is 0 Å². The van der Waals surface area contributed by atoms with Crippen molar-refractivity contribution in [3.63, 3.8) is 0 Å². The Balaban J connectivity index is 2.02. The summed E-state index contributed by atoms with van der Waals surface area (Å²) < 4.78 is 0. The van der Waals surface area contributed by atoms with E-state index in [0.29, 0.717) is 12.1 Å². The quantitative estimate of drug-likeness (QED) is 0.802.